The van der Waals surface area contributed by atoms with Crippen LogP contribution in [0.25, 0.3) is 5.95 Å². The molecule has 0 unspecified atom stereocenters. The fourth-order valence-corrected chi connectivity index (χ4v) is 3.87. The van der Waals surface area contributed by atoms with E-state index in [1.807, 2.05) is 88.4 Å². The highest BCUT2D eigenvalue weighted by atomic mass is 16.5. The number of nitrogens with zero attached hydrogens (tertiary/aromatic N) is 4. The zero-order valence-corrected chi connectivity index (χ0v) is 20.0. The Morgan fingerprint density at radius 1 is 0.941 bits per heavy atom. The average Bonchev–Trinajstić information content (AvgIpc) is 3.10. The Morgan fingerprint density at radius 2 is 1.62 bits per heavy atom. The number of hydrogen-bond acceptors (Lipinski definition) is 5. The van der Waals surface area contributed by atoms with E-state index < -0.39 is 0 Å². The van der Waals surface area contributed by atoms with E-state index in [4.69, 9.17) is 4.74 Å². The lowest BCUT2D eigenvalue weighted by Gasteiger charge is -2.12. The van der Waals surface area contributed by atoms with Crippen LogP contribution in [0, 0.1) is 27.7 Å². The van der Waals surface area contributed by atoms with Gasteiger partial charge in [0.2, 0.25) is 5.91 Å². The number of hydrogen-bond donors (Lipinski definition) is 1. The van der Waals surface area contributed by atoms with Gasteiger partial charge in [0, 0.05) is 34.8 Å². The minimum absolute atomic E-state index is 0.0787. The van der Waals surface area contributed by atoms with Crippen LogP contribution < -0.4 is 10.1 Å². The molecule has 0 aliphatic carbocycles. The SMILES string of the molecule is Cc1cc(C)nc(-n2nc(C)c(CC(=O)NCc3ccccc3OCc3ccccc3)c2C)n1. The summed E-state index contributed by atoms with van der Waals surface area (Å²) in [5.41, 5.74) is 6.32. The third kappa shape index (κ3) is 5.49. The maximum absolute atomic E-state index is 12.8. The lowest BCUT2D eigenvalue weighted by Crippen LogP contribution is -2.25. The number of benzene rings is 2. The van der Waals surface area contributed by atoms with E-state index in [-0.39, 0.29) is 12.3 Å². The van der Waals surface area contributed by atoms with Gasteiger partial charge in [-0.1, -0.05) is 48.5 Å². The molecule has 0 saturated heterocycles. The topological polar surface area (TPSA) is 81.9 Å². The van der Waals surface area contributed by atoms with Gasteiger partial charge in [-0.05, 0) is 45.4 Å². The Balaban J connectivity index is 1.42. The van der Waals surface area contributed by atoms with Gasteiger partial charge < -0.3 is 10.1 Å². The molecular formula is C27H29N5O2. The maximum Gasteiger partial charge on any atom is 0.251 e. The number of aromatic nitrogens is 4. The van der Waals surface area contributed by atoms with Crippen LogP contribution in [0.2, 0.25) is 0 Å². The van der Waals surface area contributed by atoms with E-state index >= 15 is 0 Å². The average molecular weight is 456 g/mol. The van der Waals surface area contributed by atoms with Gasteiger partial charge in [0.05, 0.1) is 12.1 Å². The van der Waals surface area contributed by atoms with E-state index in [1.165, 1.54) is 0 Å². The largest absolute Gasteiger partial charge is 0.489 e. The highest BCUT2D eigenvalue weighted by Gasteiger charge is 2.18. The number of rotatable bonds is 8. The molecule has 0 atom stereocenters. The molecule has 0 spiro atoms. The van der Waals surface area contributed by atoms with Crippen LogP contribution in [0.4, 0.5) is 0 Å². The standard InChI is InChI=1S/C27H29N5O2/c1-18-14-19(2)30-27(29-18)32-21(4)24(20(3)31-32)15-26(33)28-16-23-12-8-9-13-25(23)34-17-22-10-6-5-7-11-22/h5-14H,15-17H2,1-4H3,(H,28,33). The number of ether oxygens (including phenoxy) is 1. The zero-order chi connectivity index (χ0) is 24.1. The Labute approximate surface area is 199 Å². The highest BCUT2D eigenvalue weighted by Crippen LogP contribution is 2.20. The van der Waals surface area contributed by atoms with Crippen molar-refractivity contribution in [1.29, 1.82) is 0 Å². The van der Waals surface area contributed by atoms with Crippen LogP contribution in [0.5, 0.6) is 5.75 Å². The molecule has 2 heterocycles. The number of aryl methyl sites for hydroxylation is 3. The predicted molar refractivity (Wildman–Crippen MR) is 131 cm³/mol. The van der Waals surface area contributed by atoms with Crippen molar-refractivity contribution in [3.63, 3.8) is 0 Å². The summed E-state index contributed by atoms with van der Waals surface area (Å²) < 4.78 is 7.72. The maximum atomic E-state index is 12.8. The molecule has 174 valence electrons. The molecular weight excluding hydrogens is 426 g/mol. The van der Waals surface area contributed by atoms with E-state index in [9.17, 15) is 4.79 Å². The second-order valence-electron chi connectivity index (χ2n) is 8.35. The van der Waals surface area contributed by atoms with Crippen molar-refractivity contribution in [2.45, 2.75) is 47.3 Å². The Bertz CT molecular complexity index is 1280. The van der Waals surface area contributed by atoms with Crippen molar-refractivity contribution < 1.29 is 9.53 Å². The summed E-state index contributed by atoms with van der Waals surface area (Å²) in [6, 6.07) is 19.7. The molecule has 0 aliphatic rings. The summed E-state index contributed by atoms with van der Waals surface area (Å²) in [6.07, 6.45) is 0.232. The van der Waals surface area contributed by atoms with E-state index in [2.05, 4.69) is 20.4 Å². The minimum Gasteiger partial charge on any atom is -0.489 e. The van der Waals surface area contributed by atoms with E-state index in [0.717, 1.165) is 45.2 Å². The number of para-hydroxylation sites is 1. The first-order chi connectivity index (χ1) is 16.4. The number of carbonyl (C=O) groups is 1. The van der Waals surface area contributed by atoms with Gasteiger partial charge in [0.1, 0.15) is 12.4 Å². The molecule has 0 fully saturated rings. The summed E-state index contributed by atoms with van der Waals surface area (Å²) in [4.78, 5) is 21.8. The molecule has 4 aromatic rings. The van der Waals surface area contributed by atoms with Gasteiger partial charge in [-0.25, -0.2) is 14.6 Å². The van der Waals surface area contributed by atoms with Gasteiger partial charge in [-0.2, -0.15) is 5.10 Å². The molecule has 0 aliphatic heterocycles. The molecule has 0 radical (unpaired) electrons. The second-order valence-corrected chi connectivity index (χ2v) is 8.35. The number of nitrogens with one attached hydrogen (secondary N) is 1. The van der Waals surface area contributed by atoms with Crippen molar-refractivity contribution in [3.05, 3.63) is 100 Å². The molecule has 34 heavy (non-hydrogen) atoms. The Morgan fingerprint density at radius 3 is 2.35 bits per heavy atom. The quantitative estimate of drug-likeness (QED) is 0.428. The van der Waals surface area contributed by atoms with E-state index in [0.29, 0.717) is 19.1 Å². The summed E-state index contributed by atoms with van der Waals surface area (Å²) in [5, 5.41) is 7.61. The fourth-order valence-electron chi connectivity index (χ4n) is 3.87. The van der Waals surface area contributed by atoms with E-state index in [1.54, 1.807) is 4.68 Å². The smallest absolute Gasteiger partial charge is 0.251 e. The van der Waals surface area contributed by atoms with Gasteiger partial charge in [-0.15, -0.1) is 0 Å². The van der Waals surface area contributed by atoms with Crippen LogP contribution in [-0.4, -0.2) is 25.7 Å². The van der Waals surface area contributed by atoms with Crippen molar-refractivity contribution in [1.82, 2.24) is 25.1 Å². The predicted octanol–water partition coefficient (Wildman–Crippen LogP) is 4.33. The highest BCUT2D eigenvalue weighted by molar-refractivity contribution is 5.79. The van der Waals surface area contributed by atoms with Crippen LogP contribution >= 0.6 is 0 Å². The van der Waals surface area contributed by atoms with Gasteiger partial charge >= 0.3 is 0 Å². The molecule has 2 aromatic heterocycles. The zero-order valence-electron chi connectivity index (χ0n) is 20.0. The van der Waals surface area contributed by atoms with Crippen molar-refractivity contribution >= 4 is 5.91 Å². The molecule has 7 heteroatoms. The van der Waals surface area contributed by atoms with Gasteiger partial charge in [0.15, 0.2) is 0 Å². The first-order valence-electron chi connectivity index (χ1n) is 11.3. The minimum atomic E-state index is -0.0787. The van der Waals surface area contributed by atoms with Gasteiger partial charge in [0.25, 0.3) is 5.95 Å². The lowest BCUT2D eigenvalue weighted by molar-refractivity contribution is -0.120. The second kappa shape index (κ2) is 10.3. The summed E-state index contributed by atoms with van der Waals surface area (Å²) in [6.45, 7) is 8.57. The number of amides is 1. The molecule has 1 amide bonds. The van der Waals surface area contributed by atoms with Crippen LogP contribution in [-0.2, 0) is 24.4 Å². The first kappa shape index (κ1) is 23.2. The Hall–Kier alpha value is -4.00. The summed E-state index contributed by atoms with van der Waals surface area (Å²) in [5.74, 6) is 1.21. The Kier molecular flexibility index (Phi) is 7.01. The number of carbonyl (C=O) groups excluding carboxylic acids is 1. The van der Waals surface area contributed by atoms with Crippen molar-refractivity contribution in [2.75, 3.05) is 0 Å². The normalized spacial score (nSPS) is 10.8. The summed E-state index contributed by atoms with van der Waals surface area (Å²) in [7, 11) is 0. The molecule has 7 nitrogen and oxygen atoms in total. The third-order valence-electron chi connectivity index (χ3n) is 5.62. The van der Waals surface area contributed by atoms with Crippen LogP contribution in [0.1, 0.15) is 39.5 Å². The molecule has 0 bridgehead atoms. The molecule has 4 rings (SSSR count). The van der Waals surface area contributed by atoms with Crippen molar-refractivity contribution in [2.24, 2.45) is 0 Å². The first-order valence-corrected chi connectivity index (χ1v) is 11.3. The van der Waals surface area contributed by atoms with Crippen LogP contribution in [0.3, 0.4) is 0 Å². The van der Waals surface area contributed by atoms with Crippen LogP contribution in [0.15, 0.2) is 60.7 Å². The summed E-state index contributed by atoms with van der Waals surface area (Å²) >= 11 is 0. The van der Waals surface area contributed by atoms with Crippen molar-refractivity contribution in [3.8, 4) is 11.7 Å². The lowest BCUT2D eigenvalue weighted by atomic mass is 10.1. The fraction of sp³-hybridized carbons (Fsp3) is 0.259. The monoisotopic (exact) mass is 455 g/mol. The molecule has 2 aromatic carbocycles. The molecule has 0 saturated carbocycles. The third-order valence-corrected chi connectivity index (χ3v) is 5.62. The van der Waals surface area contributed by atoms with Gasteiger partial charge in [-0.3, -0.25) is 4.79 Å². The molecule has 1 N–H and O–H groups in total.